The molecule has 0 bridgehead atoms. The summed E-state index contributed by atoms with van der Waals surface area (Å²) in [5.41, 5.74) is 0.919. The summed E-state index contributed by atoms with van der Waals surface area (Å²) in [7, 11) is 1.71. The average Bonchev–Trinajstić information content (AvgIpc) is 2.90. The molecule has 2 amide bonds. The van der Waals surface area contributed by atoms with Crippen LogP contribution in [0, 0.1) is 5.92 Å². The minimum Gasteiger partial charge on any atom is -0.481 e. The van der Waals surface area contributed by atoms with Gasteiger partial charge >= 0.3 is 12.0 Å². The summed E-state index contributed by atoms with van der Waals surface area (Å²) in [5.74, 6) is -1.27. The zero-order valence-electron chi connectivity index (χ0n) is 10.9. The third kappa shape index (κ3) is 3.27. The number of nitrogens with zero attached hydrogens (tertiary/aromatic N) is 2. The predicted molar refractivity (Wildman–Crippen MR) is 67.5 cm³/mol. The number of carboxylic acid groups (broad SMARTS) is 1. The lowest BCUT2D eigenvalue weighted by Crippen LogP contribution is -2.47. The van der Waals surface area contributed by atoms with Crippen LogP contribution >= 0.6 is 0 Å². The summed E-state index contributed by atoms with van der Waals surface area (Å²) in [6.07, 6.45) is 4.54. The van der Waals surface area contributed by atoms with Gasteiger partial charge in [-0.15, -0.1) is 0 Å². The first-order valence-electron chi connectivity index (χ1n) is 6.32. The number of aliphatic carboxylic acids is 1. The summed E-state index contributed by atoms with van der Waals surface area (Å²) in [5, 5.41) is 9.02. The third-order valence-electron chi connectivity index (χ3n) is 3.37. The first-order chi connectivity index (χ1) is 9.08. The molecular weight excluding hydrogens is 248 g/mol. The van der Waals surface area contributed by atoms with Crippen molar-refractivity contribution in [3.8, 4) is 0 Å². The molecule has 1 aliphatic heterocycles. The lowest BCUT2D eigenvalue weighted by molar-refractivity contribution is -0.143. The molecular formula is C13H18N2O4. The molecule has 19 heavy (non-hydrogen) atoms. The van der Waals surface area contributed by atoms with Crippen molar-refractivity contribution in [2.24, 2.45) is 5.92 Å². The molecule has 1 saturated heterocycles. The number of carbonyl (C=O) groups excluding carboxylic acids is 1. The van der Waals surface area contributed by atoms with Gasteiger partial charge in [-0.25, -0.2) is 4.79 Å². The molecule has 2 rings (SSSR count). The van der Waals surface area contributed by atoms with Gasteiger partial charge < -0.3 is 19.3 Å². The molecule has 1 N–H and O–H groups in total. The number of likely N-dealkylation sites (tertiary alicyclic amines) is 1. The molecule has 1 aromatic rings. The van der Waals surface area contributed by atoms with Crippen molar-refractivity contribution < 1.29 is 19.1 Å². The second-order valence-electron chi connectivity index (χ2n) is 4.89. The van der Waals surface area contributed by atoms with Crippen molar-refractivity contribution >= 4 is 12.0 Å². The van der Waals surface area contributed by atoms with Crippen molar-refractivity contribution in [2.45, 2.75) is 19.4 Å². The summed E-state index contributed by atoms with van der Waals surface area (Å²) in [6.45, 7) is 1.38. The first kappa shape index (κ1) is 13.5. The number of furan rings is 1. The molecule has 1 atom stereocenters. The van der Waals surface area contributed by atoms with Gasteiger partial charge in [0.25, 0.3) is 0 Å². The van der Waals surface area contributed by atoms with Crippen LogP contribution < -0.4 is 0 Å². The lowest BCUT2D eigenvalue weighted by Gasteiger charge is -2.33. The van der Waals surface area contributed by atoms with Gasteiger partial charge in [0.2, 0.25) is 0 Å². The van der Waals surface area contributed by atoms with Gasteiger partial charge in [-0.1, -0.05) is 0 Å². The Kier molecular flexibility index (Phi) is 4.09. The van der Waals surface area contributed by atoms with E-state index in [0.717, 1.165) is 12.0 Å². The van der Waals surface area contributed by atoms with Crippen LogP contribution in [0.5, 0.6) is 0 Å². The topological polar surface area (TPSA) is 74.0 Å². The van der Waals surface area contributed by atoms with Crippen LogP contribution in [0.4, 0.5) is 4.79 Å². The minimum atomic E-state index is -0.824. The summed E-state index contributed by atoms with van der Waals surface area (Å²) < 4.78 is 4.96. The Morgan fingerprint density at radius 2 is 2.37 bits per heavy atom. The van der Waals surface area contributed by atoms with Gasteiger partial charge in [-0.05, 0) is 18.9 Å². The number of hydrogen-bond acceptors (Lipinski definition) is 3. The minimum absolute atomic E-state index is 0.132. The van der Waals surface area contributed by atoms with Crippen molar-refractivity contribution in [1.29, 1.82) is 0 Å². The van der Waals surface area contributed by atoms with Gasteiger partial charge in [-0.3, -0.25) is 4.79 Å². The van der Waals surface area contributed by atoms with E-state index >= 15 is 0 Å². The Balaban J connectivity index is 1.93. The number of carboxylic acids is 1. The van der Waals surface area contributed by atoms with E-state index in [2.05, 4.69) is 0 Å². The maximum atomic E-state index is 12.2. The molecule has 6 nitrogen and oxygen atoms in total. The SMILES string of the molecule is CN(Cc1ccoc1)C(=O)N1CCC[C@H](C(=O)O)C1. The van der Waals surface area contributed by atoms with Gasteiger partial charge in [0.15, 0.2) is 0 Å². The number of amides is 2. The molecule has 2 heterocycles. The van der Waals surface area contributed by atoms with E-state index in [-0.39, 0.29) is 6.03 Å². The zero-order valence-corrected chi connectivity index (χ0v) is 10.9. The van der Waals surface area contributed by atoms with E-state index in [4.69, 9.17) is 9.52 Å². The zero-order chi connectivity index (χ0) is 13.8. The van der Waals surface area contributed by atoms with Crippen LogP contribution in [0.1, 0.15) is 18.4 Å². The van der Waals surface area contributed by atoms with Crippen LogP contribution in [0.25, 0.3) is 0 Å². The number of piperidine rings is 1. The first-order valence-corrected chi connectivity index (χ1v) is 6.32. The monoisotopic (exact) mass is 266 g/mol. The fraction of sp³-hybridized carbons (Fsp3) is 0.538. The number of hydrogen-bond donors (Lipinski definition) is 1. The second kappa shape index (κ2) is 5.77. The molecule has 0 aromatic carbocycles. The fourth-order valence-electron chi connectivity index (χ4n) is 2.32. The number of carbonyl (C=O) groups is 2. The quantitative estimate of drug-likeness (QED) is 0.902. The molecule has 0 spiro atoms. The molecule has 1 fully saturated rings. The summed E-state index contributed by atoms with van der Waals surface area (Å²) in [4.78, 5) is 26.4. The number of urea groups is 1. The molecule has 0 saturated carbocycles. The van der Waals surface area contributed by atoms with Crippen molar-refractivity contribution in [1.82, 2.24) is 9.80 Å². The molecule has 104 valence electrons. The Morgan fingerprint density at radius 1 is 1.58 bits per heavy atom. The van der Waals surface area contributed by atoms with E-state index in [0.29, 0.717) is 26.1 Å². The third-order valence-corrected chi connectivity index (χ3v) is 3.37. The van der Waals surface area contributed by atoms with Crippen LogP contribution in [-0.2, 0) is 11.3 Å². The Morgan fingerprint density at radius 3 is 3.00 bits per heavy atom. The smallest absolute Gasteiger partial charge is 0.320 e. The summed E-state index contributed by atoms with van der Waals surface area (Å²) in [6, 6.07) is 1.67. The highest BCUT2D eigenvalue weighted by Gasteiger charge is 2.29. The molecule has 6 heteroatoms. The molecule has 1 aliphatic rings. The molecule has 0 unspecified atom stereocenters. The molecule has 1 aromatic heterocycles. The highest BCUT2D eigenvalue weighted by molar-refractivity contribution is 5.76. The Bertz CT molecular complexity index is 444. The van der Waals surface area contributed by atoms with Gasteiger partial charge in [0.05, 0.1) is 25.0 Å². The van der Waals surface area contributed by atoms with E-state index in [1.807, 2.05) is 0 Å². The van der Waals surface area contributed by atoms with E-state index in [1.54, 1.807) is 35.4 Å². The maximum Gasteiger partial charge on any atom is 0.320 e. The molecule has 0 radical (unpaired) electrons. The van der Waals surface area contributed by atoms with E-state index in [1.165, 1.54) is 0 Å². The van der Waals surface area contributed by atoms with Crippen molar-refractivity contribution in [3.63, 3.8) is 0 Å². The van der Waals surface area contributed by atoms with Crippen LogP contribution in [0.15, 0.2) is 23.0 Å². The highest BCUT2D eigenvalue weighted by Crippen LogP contribution is 2.18. The Hall–Kier alpha value is -1.98. The average molecular weight is 266 g/mol. The normalized spacial score (nSPS) is 19.2. The van der Waals surface area contributed by atoms with Crippen molar-refractivity contribution in [3.05, 3.63) is 24.2 Å². The maximum absolute atomic E-state index is 12.2. The van der Waals surface area contributed by atoms with Crippen molar-refractivity contribution in [2.75, 3.05) is 20.1 Å². The van der Waals surface area contributed by atoms with E-state index in [9.17, 15) is 9.59 Å². The predicted octanol–water partition coefficient (Wildman–Crippen LogP) is 1.63. The second-order valence-corrected chi connectivity index (χ2v) is 4.89. The highest BCUT2D eigenvalue weighted by atomic mass is 16.4. The fourth-order valence-corrected chi connectivity index (χ4v) is 2.32. The lowest BCUT2D eigenvalue weighted by atomic mass is 9.99. The van der Waals surface area contributed by atoms with Crippen LogP contribution in [0.2, 0.25) is 0 Å². The summed E-state index contributed by atoms with van der Waals surface area (Å²) >= 11 is 0. The molecule has 0 aliphatic carbocycles. The van der Waals surface area contributed by atoms with E-state index < -0.39 is 11.9 Å². The van der Waals surface area contributed by atoms with Gasteiger partial charge in [0, 0.05) is 25.7 Å². The van der Waals surface area contributed by atoms with Gasteiger partial charge in [0.1, 0.15) is 0 Å². The standard InChI is InChI=1S/C13H18N2O4/c1-14(7-10-4-6-19-9-10)13(18)15-5-2-3-11(8-15)12(16)17/h4,6,9,11H,2-3,5,7-8H2,1H3,(H,16,17)/t11-/m0/s1. The Labute approximate surface area is 111 Å². The van der Waals surface area contributed by atoms with Gasteiger partial charge in [-0.2, -0.15) is 0 Å². The number of rotatable bonds is 3. The van der Waals surface area contributed by atoms with Crippen LogP contribution in [0.3, 0.4) is 0 Å². The van der Waals surface area contributed by atoms with Crippen LogP contribution in [-0.4, -0.2) is 47.0 Å². The largest absolute Gasteiger partial charge is 0.481 e.